The molecule has 0 saturated heterocycles. The van der Waals surface area contributed by atoms with Crippen molar-refractivity contribution in [2.75, 3.05) is 6.54 Å². The Kier molecular flexibility index (Phi) is 3.64. The van der Waals surface area contributed by atoms with Crippen molar-refractivity contribution < 1.29 is 0 Å². The predicted octanol–water partition coefficient (Wildman–Crippen LogP) is 2.55. The van der Waals surface area contributed by atoms with Crippen molar-refractivity contribution in [2.45, 2.75) is 19.9 Å². The molecule has 0 aromatic carbocycles. The van der Waals surface area contributed by atoms with Crippen molar-refractivity contribution in [1.29, 1.82) is 0 Å². The van der Waals surface area contributed by atoms with Gasteiger partial charge in [-0.15, -0.1) is 11.3 Å². The molecule has 0 saturated carbocycles. The fourth-order valence-corrected chi connectivity index (χ4v) is 2.54. The van der Waals surface area contributed by atoms with Gasteiger partial charge in [-0.05, 0) is 31.7 Å². The Bertz CT molecular complexity index is 439. The molecular formula is C12H15N3S. The van der Waals surface area contributed by atoms with E-state index in [-0.39, 0.29) is 6.04 Å². The Labute approximate surface area is 99.6 Å². The van der Waals surface area contributed by atoms with Gasteiger partial charge in [0.15, 0.2) is 0 Å². The van der Waals surface area contributed by atoms with E-state index in [1.807, 2.05) is 6.07 Å². The van der Waals surface area contributed by atoms with E-state index < -0.39 is 0 Å². The molecule has 0 aliphatic heterocycles. The molecule has 0 bridgehead atoms. The van der Waals surface area contributed by atoms with Gasteiger partial charge in [0.05, 0.1) is 0 Å². The van der Waals surface area contributed by atoms with Crippen LogP contribution in [-0.2, 0) is 0 Å². The molecule has 16 heavy (non-hydrogen) atoms. The van der Waals surface area contributed by atoms with Crippen LogP contribution in [0.15, 0.2) is 30.6 Å². The highest BCUT2D eigenvalue weighted by atomic mass is 32.1. The minimum Gasteiger partial charge on any atom is -0.303 e. The number of hydrogen-bond acceptors (Lipinski definition) is 4. The van der Waals surface area contributed by atoms with Crippen molar-refractivity contribution in [3.63, 3.8) is 0 Å². The van der Waals surface area contributed by atoms with E-state index in [1.54, 1.807) is 23.7 Å². The first-order valence-corrected chi connectivity index (χ1v) is 6.19. The van der Waals surface area contributed by atoms with E-state index in [9.17, 15) is 0 Å². The molecule has 2 heterocycles. The van der Waals surface area contributed by atoms with Gasteiger partial charge in [0.2, 0.25) is 0 Å². The van der Waals surface area contributed by atoms with E-state index in [0.717, 1.165) is 12.4 Å². The summed E-state index contributed by atoms with van der Waals surface area (Å²) in [5.41, 5.74) is 0. The highest BCUT2D eigenvalue weighted by Gasteiger charge is 2.16. The molecule has 3 nitrogen and oxygen atoms in total. The van der Waals surface area contributed by atoms with E-state index in [2.05, 4.69) is 41.3 Å². The molecule has 0 aliphatic rings. The Hall–Kier alpha value is -1.26. The zero-order valence-electron chi connectivity index (χ0n) is 9.47. The zero-order valence-corrected chi connectivity index (χ0v) is 10.3. The monoisotopic (exact) mass is 233 g/mol. The molecule has 2 aromatic heterocycles. The second-order valence-corrected chi connectivity index (χ2v) is 4.87. The van der Waals surface area contributed by atoms with Crippen LogP contribution in [0.5, 0.6) is 0 Å². The number of aromatic nitrogens is 2. The van der Waals surface area contributed by atoms with Gasteiger partial charge in [0.1, 0.15) is 11.9 Å². The van der Waals surface area contributed by atoms with Crippen LogP contribution in [0.3, 0.4) is 0 Å². The molecule has 0 radical (unpaired) electrons. The molecule has 4 heteroatoms. The van der Waals surface area contributed by atoms with Crippen LogP contribution in [0, 0.1) is 6.92 Å². The minimum atomic E-state index is 0.116. The SMILES string of the molecule is CCNC(c1ncccn1)c1ccc(C)s1. The predicted molar refractivity (Wildman–Crippen MR) is 66.6 cm³/mol. The number of nitrogens with zero attached hydrogens (tertiary/aromatic N) is 2. The molecule has 1 unspecified atom stereocenters. The van der Waals surface area contributed by atoms with Gasteiger partial charge >= 0.3 is 0 Å². The average Bonchev–Trinajstić information content (AvgIpc) is 2.74. The van der Waals surface area contributed by atoms with Crippen LogP contribution in [0.1, 0.15) is 28.5 Å². The molecule has 84 valence electrons. The number of nitrogens with one attached hydrogen (secondary N) is 1. The van der Waals surface area contributed by atoms with Crippen LogP contribution in [0.25, 0.3) is 0 Å². The summed E-state index contributed by atoms with van der Waals surface area (Å²) < 4.78 is 0. The van der Waals surface area contributed by atoms with E-state index in [0.29, 0.717) is 0 Å². The summed E-state index contributed by atoms with van der Waals surface area (Å²) >= 11 is 1.79. The molecule has 1 N–H and O–H groups in total. The lowest BCUT2D eigenvalue weighted by atomic mass is 10.2. The number of thiophene rings is 1. The Balaban J connectivity index is 2.31. The van der Waals surface area contributed by atoms with E-state index in [4.69, 9.17) is 0 Å². The summed E-state index contributed by atoms with van der Waals surface area (Å²) in [6.45, 7) is 5.11. The largest absolute Gasteiger partial charge is 0.303 e. The van der Waals surface area contributed by atoms with Gasteiger partial charge in [-0.2, -0.15) is 0 Å². The summed E-state index contributed by atoms with van der Waals surface area (Å²) in [6, 6.07) is 6.23. The molecule has 0 fully saturated rings. The average molecular weight is 233 g/mol. The van der Waals surface area contributed by atoms with Crippen LogP contribution in [0.4, 0.5) is 0 Å². The van der Waals surface area contributed by atoms with Crippen LogP contribution >= 0.6 is 11.3 Å². The van der Waals surface area contributed by atoms with E-state index in [1.165, 1.54) is 9.75 Å². The standard InChI is InChI=1S/C12H15N3S/c1-3-13-11(10-6-5-9(2)16-10)12-14-7-4-8-15-12/h4-8,11,13H,3H2,1-2H3. The van der Waals surface area contributed by atoms with Crippen molar-refractivity contribution in [3.8, 4) is 0 Å². The third kappa shape index (κ3) is 2.46. The van der Waals surface area contributed by atoms with Gasteiger partial charge < -0.3 is 5.32 Å². The molecule has 0 spiro atoms. The fourth-order valence-electron chi connectivity index (χ4n) is 1.59. The summed E-state index contributed by atoms with van der Waals surface area (Å²) in [5, 5.41) is 3.41. The van der Waals surface area contributed by atoms with E-state index >= 15 is 0 Å². The van der Waals surface area contributed by atoms with Crippen molar-refractivity contribution in [1.82, 2.24) is 15.3 Å². The Morgan fingerprint density at radius 3 is 2.62 bits per heavy atom. The number of rotatable bonds is 4. The molecule has 1 atom stereocenters. The second kappa shape index (κ2) is 5.18. The second-order valence-electron chi connectivity index (χ2n) is 3.55. The lowest BCUT2D eigenvalue weighted by Gasteiger charge is -2.14. The lowest BCUT2D eigenvalue weighted by molar-refractivity contribution is 0.605. The number of hydrogen-bond donors (Lipinski definition) is 1. The first-order chi connectivity index (χ1) is 7.81. The topological polar surface area (TPSA) is 37.8 Å². The summed E-state index contributed by atoms with van der Waals surface area (Å²) in [4.78, 5) is 11.2. The first kappa shape index (κ1) is 11.2. The summed E-state index contributed by atoms with van der Waals surface area (Å²) in [6.07, 6.45) is 3.57. The van der Waals surface area contributed by atoms with Crippen LogP contribution < -0.4 is 5.32 Å². The Morgan fingerprint density at radius 1 is 1.31 bits per heavy atom. The maximum atomic E-state index is 4.32. The molecule has 2 aromatic rings. The van der Waals surface area contributed by atoms with Crippen molar-refractivity contribution in [2.24, 2.45) is 0 Å². The fraction of sp³-hybridized carbons (Fsp3) is 0.333. The third-order valence-electron chi connectivity index (χ3n) is 2.30. The van der Waals surface area contributed by atoms with Gasteiger partial charge in [-0.25, -0.2) is 9.97 Å². The highest BCUT2D eigenvalue weighted by Crippen LogP contribution is 2.25. The maximum absolute atomic E-state index is 4.32. The van der Waals surface area contributed by atoms with Crippen molar-refractivity contribution >= 4 is 11.3 Å². The number of aryl methyl sites for hydroxylation is 1. The molecule has 2 rings (SSSR count). The molecular weight excluding hydrogens is 218 g/mol. The highest BCUT2D eigenvalue weighted by molar-refractivity contribution is 7.12. The summed E-state index contributed by atoms with van der Waals surface area (Å²) in [7, 11) is 0. The van der Waals surface area contributed by atoms with Gasteiger partial charge in [0.25, 0.3) is 0 Å². The quantitative estimate of drug-likeness (QED) is 0.882. The third-order valence-corrected chi connectivity index (χ3v) is 3.36. The minimum absolute atomic E-state index is 0.116. The van der Waals surface area contributed by atoms with Crippen LogP contribution in [-0.4, -0.2) is 16.5 Å². The van der Waals surface area contributed by atoms with Crippen LogP contribution in [0.2, 0.25) is 0 Å². The molecule has 0 aliphatic carbocycles. The van der Waals surface area contributed by atoms with Gasteiger partial charge in [-0.3, -0.25) is 0 Å². The van der Waals surface area contributed by atoms with Gasteiger partial charge in [-0.1, -0.05) is 6.92 Å². The smallest absolute Gasteiger partial charge is 0.150 e. The summed E-state index contributed by atoms with van der Waals surface area (Å²) in [5.74, 6) is 0.839. The zero-order chi connectivity index (χ0) is 11.4. The molecule has 0 amide bonds. The maximum Gasteiger partial charge on any atom is 0.150 e. The van der Waals surface area contributed by atoms with Gasteiger partial charge in [0, 0.05) is 22.1 Å². The lowest BCUT2D eigenvalue weighted by Crippen LogP contribution is -2.23. The normalized spacial score (nSPS) is 12.6. The first-order valence-electron chi connectivity index (χ1n) is 5.38. The van der Waals surface area contributed by atoms with Crippen molar-refractivity contribution in [3.05, 3.63) is 46.2 Å². The Morgan fingerprint density at radius 2 is 2.06 bits per heavy atom.